The standard InChI is InChI=1S/C19H25N7O/c27-17(16-4-15-9-20-1-2-25(15)24-16)23-18-5-13-3-14(6-18)8-19(7-13,10-18)26-12-21-11-22-26/h4,11-14,20H,1-3,5-10H2,(H,23,27)/t13-,14+,18?,19?. The van der Waals surface area contributed by atoms with E-state index in [2.05, 4.69) is 30.5 Å². The number of amides is 1. The van der Waals surface area contributed by atoms with Crippen molar-refractivity contribution < 1.29 is 4.79 Å². The number of carbonyl (C=O) groups is 1. The van der Waals surface area contributed by atoms with Gasteiger partial charge >= 0.3 is 0 Å². The van der Waals surface area contributed by atoms with E-state index in [1.54, 1.807) is 6.33 Å². The first-order chi connectivity index (χ1) is 13.1. The van der Waals surface area contributed by atoms with E-state index < -0.39 is 0 Å². The Kier molecular flexibility index (Phi) is 3.16. The predicted octanol–water partition coefficient (Wildman–Crippen LogP) is 1.06. The van der Waals surface area contributed by atoms with Crippen molar-refractivity contribution in [3.63, 3.8) is 0 Å². The molecule has 0 aromatic carbocycles. The number of nitrogens with one attached hydrogen (secondary N) is 2. The average Bonchev–Trinajstić information content (AvgIpc) is 3.30. The van der Waals surface area contributed by atoms with Crippen LogP contribution in [0.25, 0.3) is 0 Å². The molecule has 3 heterocycles. The summed E-state index contributed by atoms with van der Waals surface area (Å²) in [6.45, 7) is 2.52. The molecule has 4 saturated carbocycles. The van der Waals surface area contributed by atoms with Crippen molar-refractivity contribution in [1.82, 2.24) is 35.2 Å². The number of carbonyl (C=O) groups excluding carboxylic acids is 1. The molecule has 8 heteroatoms. The Balaban J connectivity index is 1.29. The lowest BCUT2D eigenvalue weighted by molar-refractivity contribution is -0.0744. The number of fused-ring (bicyclic) bond motifs is 1. The van der Waals surface area contributed by atoms with E-state index >= 15 is 0 Å². The zero-order chi connectivity index (χ0) is 18.1. The van der Waals surface area contributed by atoms with E-state index in [9.17, 15) is 4.79 Å². The van der Waals surface area contributed by atoms with Crippen molar-refractivity contribution in [3.8, 4) is 0 Å². The minimum atomic E-state index is -0.129. The fourth-order valence-electron chi connectivity index (χ4n) is 6.69. The fraction of sp³-hybridized carbons (Fsp3) is 0.684. The average molecular weight is 367 g/mol. The second-order valence-electron chi connectivity index (χ2n) is 9.18. The Morgan fingerprint density at radius 1 is 1.26 bits per heavy atom. The monoisotopic (exact) mass is 367 g/mol. The minimum absolute atomic E-state index is 0.0191. The van der Waals surface area contributed by atoms with E-state index in [0.717, 1.165) is 57.4 Å². The van der Waals surface area contributed by atoms with Gasteiger partial charge in [-0.25, -0.2) is 9.67 Å². The second-order valence-corrected chi connectivity index (χ2v) is 9.18. The van der Waals surface area contributed by atoms with Gasteiger partial charge < -0.3 is 10.6 Å². The molecule has 1 aliphatic heterocycles. The zero-order valence-electron chi connectivity index (χ0n) is 15.4. The van der Waals surface area contributed by atoms with Gasteiger partial charge in [-0.05, 0) is 56.4 Å². The molecule has 0 saturated heterocycles. The van der Waals surface area contributed by atoms with Gasteiger partial charge in [-0.15, -0.1) is 0 Å². The van der Waals surface area contributed by atoms with Gasteiger partial charge in [0.1, 0.15) is 12.7 Å². The predicted molar refractivity (Wildman–Crippen MR) is 96.8 cm³/mol. The molecule has 5 aliphatic rings. The summed E-state index contributed by atoms with van der Waals surface area (Å²) in [7, 11) is 0. The zero-order valence-corrected chi connectivity index (χ0v) is 15.4. The van der Waals surface area contributed by atoms with Crippen molar-refractivity contribution >= 4 is 5.91 Å². The Labute approximate surface area is 157 Å². The Morgan fingerprint density at radius 3 is 2.85 bits per heavy atom. The van der Waals surface area contributed by atoms with Crippen molar-refractivity contribution in [2.75, 3.05) is 6.54 Å². The third kappa shape index (κ3) is 2.38. The summed E-state index contributed by atoms with van der Waals surface area (Å²) < 4.78 is 4.04. The van der Waals surface area contributed by atoms with Gasteiger partial charge in [-0.2, -0.15) is 10.2 Å². The van der Waals surface area contributed by atoms with Crippen LogP contribution >= 0.6 is 0 Å². The van der Waals surface area contributed by atoms with Gasteiger partial charge in [0, 0.05) is 18.6 Å². The topological polar surface area (TPSA) is 89.7 Å². The number of rotatable bonds is 3. The summed E-state index contributed by atoms with van der Waals surface area (Å²) in [6, 6.07) is 1.94. The molecule has 7 rings (SSSR count). The maximum Gasteiger partial charge on any atom is 0.272 e. The van der Waals surface area contributed by atoms with E-state index in [4.69, 9.17) is 0 Å². The summed E-state index contributed by atoms with van der Waals surface area (Å²) in [4.78, 5) is 17.3. The molecule has 4 aliphatic carbocycles. The largest absolute Gasteiger partial charge is 0.345 e. The van der Waals surface area contributed by atoms with Crippen molar-refractivity contribution in [2.45, 2.75) is 62.7 Å². The van der Waals surface area contributed by atoms with E-state index in [0.29, 0.717) is 17.5 Å². The summed E-state index contributed by atoms with van der Waals surface area (Å²) in [6.07, 6.45) is 10.2. The Hall–Kier alpha value is -2.22. The highest BCUT2D eigenvalue weighted by Crippen LogP contribution is 2.60. The number of hydrogen-bond donors (Lipinski definition) is 2. The summed E-state index contributed by atoms with van der Waals surface area (Å²) >= 11 is 0. The highest BCUT2D eigenvalue weighted by molar-refractivity contribution is 5.93. The van der Waals surface area contributed by atoms with Gasteiger partial charge in [0.05, 0.1) is 17.8 Å². The molecule has 4 fully saturated rings. The maximum atomic E-state index is 13.1. The van der Waals surface area contributed by atoms with Gasteiger partial charge in [-0.3, -0.25) is 9.48 Å². The second kappa shape index (κ2) is 5.41. The lowest BCUT2D eigenvalue weighted by Gasteiger charge is -2.61. The van der Waals surface area contributed by atoms with Crippen LogP contribution < -0.4 is 10.6 Å². The Bertz CT molecular complexity index is 849. The first kappa shape index (κ1) is 15.8. The molecule has 2 unspecified atom stereocenters. The van der Waals surface area contributed by atoms with Crippen LogP contribution in [0.4, 0.5) is 0 Å². The van der Waals surface area contributed by atoms with Crippen LogP contribution in [0.2, 0.25) is 0 Å². The van der Waals surface area contributed by atoms with Crippen molar-refractivity contribution in [2.24, 2.45) is 11.8 Å². The van der Waals surface area contributed by atoms with Crippen LogP contribution in [0, 0.1) is 11.8 Å². The molecule has 1 amide bonds. The Morgan fingerprint density at radius 2 is 2.11 bits per heavy atom. The molecule has 2 aromatic rings. The molecule has 4 bridgehead atoms. The molecule has 0 spiro atoms. The molecular formula is C19H25N7O. The molecule has 27 heavy (non-hydrogen) atoms. The van der Waals surface area contributed by atoms with E-state index in [1.165, 1.54) is 6.42 Å². The smallest absolute Gasteiger partial charge is 0.272 e. The lowest BCUT2D eigenvalue weighted by Crippen LogP contribution is -2.66. The van der Waals surface area contributed by atoms with Crippen LogP contribution in [-0.4, -0.2) is 42.5 Å². The van der Waals surface area contributed by atoms with Crippen LogP contribution in [0.1, 0.15) is 54.7 Å². The first-order valence-corrected chi connectivity index (χ1v) is 10.1. The van der Waals surface area contributed by atoms with E-state index in [1.807, 2.05) is 17.1 Å². The SMILES string of the molecule is O=C(NC12C[C@H]3C[C@@H](C1)CC(n1cncn1)(C3)C2)c1cc2n(n1)CCNC2. The summed E-state index contributed by atoms with van der Waals surface area (Å²) in [5.41, 5.74) is 1.54. The van der Waals surface area contributed by atoms with Crippen LogP contribution in [0.15, 0.2) is 18.7 Å². The van der Waals surface area contributed by atoms with Gasteiger partial charge in [0.15, 0.2) is 5.69 Å². The van der Waals surface area contributed by atoms with Gasteiger partial charge in [-0.1, -0.05) is 0 Å². The van der Waals surface area contributed by atoms with E-state index in [-0.39, 0.29) is 17.0 Å². The molecular weight excluding hydrogens is 342 g/mol. The van der Waals surface area contributed by atoms with Crippen LogP contribution in [0.5, 0.6) is 0 Å². The van der Waals surface area contributed by atoms with Crippen LogP contribution in [0.3, 0.4) is 0 Å². The molecule has 142 valence electrons. The number of nitrogens with zero attached hydrogens (tertiary/aromatic N) is 5. The molecule has 8 nitrogen and oxygen atoms in total. The fourth-order valence-corrected chi connectivity index (χ4v) is 6.69. The number of aromatic nitrogens is 5. The highest BCUT2D eigenvalue weighted by atomic mass is 16.2. The molecule has 4 atom stereocenters. The molecule has 2 N–H and O–H groups in total. The van der Waals surface area contributed by atoms with Crippen molar-refractivity contribution in [3.05, 3.63) is 30.1 Å². The highest BCUT2D eigenvalue weighted by Gasteiger charge is 2.59. The normalized spacial score (nSPS) is 36.6. The summed E-state index contributed by atoms with van der Waals surface area (Å²) in [5.74, 6) is 1.30. The lowest BCUT2D eigenvalue weighted by atomic mass is 9.50. The molecule has 0 radical (unpaired) electrons. The molecule has 2 aromatic heterocycles. The first-order valence-electron chi connectivity index (χ1n) is 10.1. The van der Waals surface area contributed by atoms with Gasteiger partial charge in [0.2, 0.25) is 0 Å². The quantitative estimate of drug-likeness (QED) is 0.847. The third-order valence-corrected chi connectivity index (χ3v) is 7.22. The number of hydrogen-bond acceptors (Lipinski definition) is 5. The summed E-state index contributed by atoms with van der Waals surface area (Å²) in [5, 5.41) is 15.8. The van der Waals surface area contributed by atoms with Crippen LogP contribution in [-0.2, 0) is 18.6 Å². The minimum Gasteiger partial charge on any atom is -0.345 e. The van der Waals surface area contributed by atoms with Crippen molar-refractivity contribution in [1.29, 1.82) is 0 Å². The van der Waals surface area contributed by atoms with Gasteiger partial charge in [0.25, 0.3) is 5.91 Å². The maximum absolute atomic E-state index is 13.1. The third-order valence-electron chi connectivity index (χ3n) is 7.22.